The summed E-state index contributed by atoms with van der Waals surface area (Å²) in [4.78, 5) is 30.4. The van der Waals surface area contributed by atoms with Gasteiger partial charge < -0.3 is 15.1 Å². The molecule has 2 heterocycles. The lowest BCUT2D eigenvalue weighted by molar-refractivity contribution is -0.133. The molecule has 2 aliphatic rings. The lowest BCUT2D eigenvalue weighted by Gasteiger charge is -2.33. The predicted molar refractivity (Wildman–Crippen MR) is 123 cm³/mol. The molecule has 1 atom stereocenters. The second-order valence-corrected chi connectivity index (χ2v) is 9.28. The van der Waals surface area contributed by atoms with Gasteiger partial charge in [-0.2, -0.15) is 0 Å². The SMILES string of the molecule is CN1C(=O)C2=C(NCCN(C(=O)Cc3ccccc3)C2c2ccc(Cl)c(Cl)c2)C1(C)C. The minimum atomic E-state index is -0.548. The number of amides is 2. The van der Waals surface area contributed by atoms with Gasteiger partial charge >= 0.3 is 0 Å². The van der Waals surface area contributed by atoms with E-state index in [9.17, 15) is 9.59 Å². The molecular formula is C24H25Cl2N3O2. The van der Waals surface area contributed by atoms with Crippen LogP contribution in [0.1, 0.15) is 31.0 Å². The number of hydrogen-bond acceptors (Lipinski definition) is 3. The number of nitrogens with zero attached hydrogens (tertiary/aromatic N) is 2. The van der Waals surface area contributed by atoms with Crippen LogP contribution in [0.4, 0.5) is 0 Å². The first-order valence-electron chi connectivity index (χ1n) is 10.3. The van der Waals surface area contributed by atoms with E-state index in [-0.39, 0.29) is 18.2 Å². The summed E-state index contributed by atoms with van der Waals surface area (Å²) in [6.45, 7) is 5.04. The van der Waals surface area contributed by atoms with E-state index in [4.69, 9.17) is 23.2 Å². The van der Waals surface area contributed by atoms with E-state index in [0.717, 1.165) is 16.8 Å². The maximum Gasteiger partial charge on any atom is 0.254 e. The summed E-state index contributed by atoms with van der Waals surface area (Å²) in [6.07, 6.45) is 0.259. The molecule has 0 bridgehead atoms. The van der Waals surface area contributed by atoms with Crippen LogP contribution in [0.25, 0.3) is 0 Å². The number of carbonyl (C=O) groups is 2. The number of carbonyl (C=O) groups excluding carboxylic acids is 2. The molecule has 0 fully saturated rings. The standard InChI is InChI=1S/C24H25Cl2N3O2/c1-24(2)22-20(23(31)28(24)3)21(16-9-10-17(25)18(26)14-16)29(12-11-27-22)19(30)13-15-7-5-4-6-8-15/h4-10,14,21,27H,11-13H2,1-3H3. The van der Waals surface area contributed by atoms with E-state index >= 15 is 0 Å². The summed E-state index contributed by atoms with van der Waals surface area (Å²) in [7, 11) is 1.79. The molecule has 2 aliphatic heterocycles. The maximum absolute atomic E-state index is 13.5. The molecular weight excluding hydrogens is 433 g/mol. The molecule has 0 saturated heterocycles. The molecule has 7 heteroatoms. The van der Waals surface area contributed by atoms with Gasteiger partial charge in [0.1, 0.15) is 0 Å². The van der Waals surface area contributed by atoms with Crippen molar-refractivity contribution in [1.82, 2.24) is 15.1 Å². The number of halogens is 2. The summed E-state index contributed by atoms with van der Waals surface area (Å²) in [6, 6.07) is 14.4. The molecule has 2 aromatic carbocycles. The number of benzene rings is 2. The number of likely N-dealkylation sites (N-methyl/N-ethyl adjacent to an activating group) is 1. The van der Waals surface area contributed by atoms with Crippen molar-refractivity contribution in [3.63, 3.8) is 0 Å². The van der Waals surface area contributed by atoms with E-state index in [2.05, 4.69) is 5.32 Å². The second kappa shape index (κ2) is 8.21. The fraction of sp³-hybridized carbons (Fsp3) is 0.333. The van der Waals surface area contributed by atoms with Gasteiger partial charge in [-0.05, 0) is 37.1 Å². The van der Waals surface area contributed by atoms with Crippen LogP contribution in [0, 0.1) is 0 Å². The van der Waals surface area contributed by atoms with E-state index in [1.165, 1.54) is 0 Å². The molecule has 31 heavy (non-hydrogen) atoms. The van der Waals surface area contributed by atoms with Gasteiger partial charge in [0.05, 0.1) is 33.6 Å². The van der Waals surface area contributed by atoms with Gasteiger partial charge in [-0.1, -0.05) is 59.6 Å². The predicted octanol–water partition coefficient (Wildman–Crippen LogP) is 4.21. The van der Waals surface area contributed by atoms with Crippen molar-refractivity contribution in [3.05, 3.63) is 81.0 Å². The maximum atomic E-state index is 13.5. The van der Waals surface area contributed by atoms with Crippen molar-refractivity contribution < 1.29 is 9.59 Å². The number of rotatable bonds is 3. The van der Waals surface area contributed by atoms with Crippen LogP contribution in [-0.2, 0) is 16.0 Å². The molecule has 2 aromatic rings. The Balaban J connectivity index is 1.83. The van der Waals surface area contributed by atoms with Crippen molar-refractivity contribution in [3.8, 4) is 0 Å². The Labute approximate surface area is 192 Å². The molecule has 5 nitrogen and oxygen atoms in total. The van der Waals surface area contributed by atoms with Gasteiger partial charge in [0.25, 0.3) is 5.91 Å². The van der Waals surface area contributed by atoms with Crippen LogP contribution in [0.3, 0.4) is 0 Å². The molecule has 0 saturated carbocycles. The highest BCUT2D eigenvalue weighted by atomic mass is 35.5. The zero-order valence-corrected chi connectivity index (χ0v) is 19.3. The van der Waals surface area contributed by atoms with Gasteiger partial charge in [-0.3, -0.25) is 9.59 Å². The van der Waals surface area contributed by atoms with Gasteiger partial charge in [-0.25, -0.2) is 0 Å². The fourth-order valence-corrected chi connectivity index (χ4v) is 4.67. The van der Waals surface area contributed by atoms with Crippen LogP contribution in [-0.4, -0.2) is 47.3 Å². The highest BCUT2D eigenvalue weighted by Crippen LogP contribution is 2.43. The van der Waals surface area contributed by atoms with Crippen molar-refractivity contribution in [2.45, 2.75) is 31.8 Å². The summed E-state index contributed by atoms with van der Waals surface area (Å²) < 4.78 is 0. The molecule has 4 rings (SSSR count). The van der Waals surface area contributed by atoms with E-state index in [1.807, 2.05) is 50.2 Å². The van der Waals surface area contributed by atoms with Crippen LogP contribution in [0.5, 0.6) is 0 Å². The first kappa shape index (κ1) is 21.7. The Bertz CT molecular complexity index is 1070. The van der Waals surface area contributed by atoms with Crippen LogP contribution < -0.4 is 5.32 Å². The Morgan fingerprint density at radius 2 is 1.84 bits per heavy atom. The van der Waals surface area contributed by atoms with Crippen molar-refractivity contribution in [2.24, 2.45) is 0 Å². The molecule has 0 aromatic heterocycles. The normalized spacial score (nSPS) is 20.4. The highest BCUT2D eigenvalue weighted by molar-refractivity contribution is 6.42. The van der Waals surface area contributed by atoms with Crippen LogP contribution >= 0.6 is 23.2 Å². The van der Waals surface area contributed by atoms with Gasteiger partial charge in [0.15, 0.2) is 0 Å². The summed E-state index contributed by atoms with van der Waals surface area (Å²) in [5.74, 6) is -0.138. The summed E-state index contributed by atoms with van der Waals surface area (Å²) in [5, 5.41) is 4.26. The van der Waals surface area contributed by atoms with Gasteiger partial charge in [0, 0.05) is 25.8 Å². The first-order valence-corrected chi connectivity index (χ1v) is 11.0. The van der Waals surface area contributed by atoms with Gasteiger partial charge in [-0.15, -0.1) is 0 Å². The monoisotopic (exact) mass is 457 g/mol. The minimum absolute atomic E-state index is 0.0435. The lowest BCUT2D eigenvalue weighted by atomic mass is 9.92. The number of nitrogens with one attached hydrogen (secondary N) is 1. The average Bonchev–Trinajstić information content (AvgIpc) is 2.89. The molecule has 1 N–H and O–H groups in total. The summed E-state index contributed by atoms with van der Waals surface area (Å²) in [5.41, 5.74) is 2.64. The Morgan fingerprint density at radius 1 is 1.13 bits per heavy atom. The topological polar surface area (TPSA) is 52.7 Å². The average molecular weight is 458 g/mol. The smallest absolute Gasteiger partial charge is 0.254 e. The van der Waals surface area contributed by atoms with Crippen molar-refractivity contribution in [1.29, 1.82) is 0 Å². The van der Waals surface area contributed by atoms with Gasteiger partial charge in [0.2, 0.25) is 5.91 Å². The lowest BCUT2D eigenvalue weighted by Crippen LogP contribution is -2.46. The molecule has 0 radical (unpaired) electrons. The molecule has 2 amide bonds. The van der Waals surface area contributed by atoms with Crippen molar-refractivity contribution in [2.75, 3.05) is 20.1 Å². The van der Waals surface area contributed by atoms with E-state index in [0.29, 0.717) is 28.7 Å². The largest absolute Gasteiger partial charge is 0.384 e. The highest BCUT2D eigenvalue weighted by Gasteiger charge is 2.49. The molecule has 0 spiro atoms. The Kier molecular flexibility index (Phi) is 5.75. The summed E-state index contributed by atoms with van der Waals surface area (Å²) >= 11 is 12.5. The second-order valence-electron chi connectivity index (χ2n) is 8.46. The minimum Gasteiger partial charge on any atom is -0.384 e. The zero-order valence-electron chi connectivity index (χ0n) is 17.8. The third kappa shape index (κ3) is 3.81. The number of hydrogen-bond donors (Lipinski definition) is 1. The van der Waals surface area contributed by atoms with Crippen molar-refractivity contribution >= 4 is 35.0 Å². The third-order valence-corrected chi connectivity index (χ3v) is 7.01. The Morgan fingerprint density at radius 3 is 2.52 bits per heavy atom. The van der Waals surface area contributed by atoms with E-state index < -0.39 is 11.6 Å². The Hall–Kier alpha value is -2.50. The third-order valence-electron chi connectivity index (χ3n) is 6.27. The molecule has 162 valence electrons. The zero-order chi connectivity index (χ0) is 22.3. The van der Waals surface area contributed by atoms with Crippen LogP contribution in [0.2, 0.25) is 10.0 Å². The quantitative estimate of drug-likeness (QED) is 0.750. The molecule has 0 aliphatic carbocycles. The fourth-order valence-electron chi connectivity index (χ4n) is 4.36. The van der Waals surface area contributed by atoms with E-state index in [1.54, 1.807) is 29.0 Å². The first-order chi connectivity index (χ1) is 14.7. The molecule has 1 unspecified atom stereocenters. The van der Waals surface area contributed by atoms with Crippen LogP contribution in [0.15, 0.2) is 59.8 Å².